The summed E-state index contributed by atoms with van der Waals surface area (Å²) in [7, 11) is 3.95. The lowest BCUT2D eigenvalue weighted by molar-refractivity contribution is 0.0924. The van der Waals surface area contributed by atoms with Crippen molar-refractivity contribution in [1.29, 1.82) is 0 Å². The van der Waals surface area contributed by atoms with Crippen molar-refractivity contribution in [3.8, 4) is 0 Å². The van der Waals surface area contributed by atoms with Gasteiger partial charge in [0.1, 0.15) is 0 Å². The summed E-state index contributed by atoms with van der Waals surface area (Å²) < 4.78 is 6.02. The zero-order chi connectivity index (χ0) is 14.7. The van der Waals surface area contributed by atoms with E-state index in [1.165, 1.54) is 12.8 Å². The van der Waals surface area contributed by atoms with Crippen molar-refractivity contribution in [3.63, 3.8) is 0 Å². The van der Waals surface area contributed by atoms with Gasteiger partial charge in [-0.25, -0.2) is 9.97 Å². The molecule has 2 aliphatic rings. The molecule has 1 aromatic heterocycles. The molecular weight excluding hydrogens is 337 g/mol. The highest BCUT2D eigenvalue weighted by molar-refractivity contribution is 5.85. The SMILES string of the molecule is CN(C)c1nccnc1NCC1CC2(CCNCC2)CO1.Cl.Cl. The molecule has 2 fully saturated rings. The fourth-order valence-corrected chi connectivity index (χ4v) is 3.33. The molecule has 3 rings (SSSR count). The Hall–Kier alpha value is -0.820. The van der Waals surface area contributed by atoms with Gasteiger partial charge in [-0.1, -0.05) is 0 Å². The summed E-state index contributed by atoms with van der Waals surface area (Å²) in [5, 5.41) is 6.84. The fraction of sp³-hybridized carbons (Fsp3) is 0.733. The van der Waals surface area contributed by atoms with Crippen LogP contribution in [0.5, 0.6) is 0 Å². The van der Waals surface area contributed by atoms with Crippen molar-refractivity contribution in [3.05, 3.63) is 12.4 Å². The Morgan fingerprint density at radius 3 is 2.65 bits per heavy atom. The first-order chi connectivity index (χ1) is 10.2. The minimum atomic E-state index is 0. The molecule has 0 bridgehead atoms. The topological polar surface area (TPSA) is 62.3 Å². The molecule has 0 aliphatic carbocycles. The second-order valence-electron chi connectivity index (χ2n) is 6.39. The lowest BCUT2D eigenvalue weighted by Gasteiger charge is -2.32. The van der Waals surface area contributed by atoms with Gasteiger partial charge in [-0.05, 0) is 37.8 Å². The van der Waals surface area contributed by atoms with E-state index < -0.39 is 0 Å². The highest BCUT2D eigenvalue weighted by Crippen LogP contribution is 2.40. The van der Waals surface area contributed by atoms with E-state index in [4.69, 9.17) is 4.74 Å². The molecule has 0 saturated carbocycles. The van der Waals surface area contributed by atoms with E-state index in [0.29, 0.717) is 5.41 Å². The van der Waals surface area contributed by atoms with Gasteiger partial charge in [0.05, 0.1) is 12.7 Å². The van der Waals surface area contributed by atoms with Gasteiger partial charge < -0.3 is 20.3 Å². The maximum Gasteiger partial charge on any atom is 0.171 e. The van der Waals surface area contributed by atoms with Gasteiger partial charge in [0.2, 0.25) is 0 Å². The molecule has 8 heteroatoms. The molecule has 23 heavy (non-hydrogen) atoms. The van der Waals surface area contributed by atoms with Crippen LogP contribution >= 0.6 is 24.8 Å². The molecule has 1 aromatic rings. The van der Waals surface area contributed by atoms with E-state index in [2.05, 4.69) is 20.6 Å². The summed E-state index contributed by atoms with van der Waals surface area (Å²) in [6.07, 6.45) is 7.34. The number of hydrogen-bond donors (Lipinski definition) is 2. The average Bonchev–Trinajstić information content (AvgIpc) is 2.89. The Balaban J connectivity index is 0.00000132. The van der Waals surface area contributed by atoms with Gasteiger partial charge in [0.25, 0.3) is 0 Å². The summed E-state index contributed by atoms with van der Waals surface area (Å²) in [5.41, 5.74) is 0.407. The molecule has 132 valence electrons. The predicted octanol–water partition coefficient (Wildman–Crippen LogP) is 1.96. The van der Waals surface area contributed by atoms with Crippen LogP contribution in [0.1, 0.15) is 19.3 Å². The van der Waals surface area contributed by atoms with Gasteiger partial charge >= 0.3 is 0 Å². The number of nitrogens with zero attached hydrogens (tertiary/aromatic N) is 3. The van der Waals surface area contributed by atoms with Crippen LogP contribution in [-0.2, 0) is 4.74 Å². The maximum atomic E-state index is 6.02. The van der Waals surface area contributed by atoms with E-state index in [-0.39, 0.29) is 30.9 Å². The molecule has 0 radical (unpaired) electrons. The number of rotatable bonds is 4. The first-order valence-corrected chi connectivity index (χ1v) is 7.73. The number of ether oxygens (including phenoxy) is 1. The molecule has 2 N–H and O–H groups in total. The highest BCUT2D eigenvalue weighted by atomic mass is 35.5. The zero-order valence-electron chi connectivity index (χ0n) is 13.7. The fourth-order valence-electron chi connectivity index (χ4n) is 3.33. The molecule has 2 aliphatic heterocycles. The number of anilines is 2. The van der Waals surface area contributed by atoms with E-state index >= 15 is 0 Å². The van der Waals surface area contributed by atoms with Crippen molar-refractivity contribution >= 4 is 36.4 Å². The second kappa shape index (κ2) is 8.87. The molecular formula is C15H27Cl2N5O. The number of halogens is 2. The zero-order valence-corrected chi connectivity index (χ0v) is 15.4. The van der Waals surface area contributed by atoms with Crippen molar-refractivity contribution in [2.24, 2.45) is 5.41 Å². The van der Waals surface area contributed by atoms with Crippen LogP contribution < -0.4 is 15.5 Å². The van der Waals surface area contributed by atoms with Crippen molar-refractivity contribution in [2.45, 2.75) is 25.4 Å². The number of nitrogens with one attached hydrogen (secondary N) is 2. The molecule has 1 spiro atoms. The predicted molar refractivity (Wildman–Crippen MR) is 98.2 cm³/mol. The minimum absolute atomic E-state index is 0. The molecule has 0 aromatic carbocycles. The van der Waals surface area contributed by atoms with E-state index in [0.717, 1.165) is 44.3 Å². The summed E-state index contributed by atoms with van der Waals surface area (Å²) in [6.45, 7) is 3.95. The quantitative estimate of drug-likeness (QED) is 0.852. The van der Waals surface area contributed by atoms with Gasteiger partial charge in [-0.2, -0.15) is 0 Å². The third kappa shape index (κ3) is 4.83. The molecule has 1 atom stereocenters. The third-order valence-electron chi connectivity index (χ3n) is 4.55. The monoisotopic (exact) mass is 363 g/mol. The minimum Gasteiger partial charge on any atom is -0.376 e. The Morgan fingerprint density at radius 2 is 1.96 bits per heavy atom. The lowest BCUT2D eigenvalue weighted by Crippen LogP contribution is -2.37. The standard InChI is InChI=1S/C15H25N5O.2ClH/c1-20(2)14-13(17-7-8-18-14)19-10-12-9-15(11-21-12)3-5-16-6-4-15;;/h7-8,12,16H,3-6,9-11H2,1-2H3,(H,17,19);2*1H. The molecule has 6 nitrogen and oxygen atoms in total. The smallest absolute Gasteiger partial charge is 0.171 e. The largest absolute Gasteiger partial charge is 0.376 e. The molecule has 1 unspecified atom stereocenters. The van der Waals surface area contributed by atoms with Crippen LogP contribution in [0.2, 0.25) is 0 Å². The first kappa shape index (κ1) is 20.2. The van der Waals surface area contributed by atoms with Crippen LogP contribution in [0.4, 0.5) is 11.6 Å². The molecule has 0 amide bonds. The van der Waals surface area contributed by atoms with Crippen LogP contribution in [0, 0.1) is 5.41 Å². The van der Waals surface area contributed by atoms with Crippen molar-refractivity contribution < 1.29 is 4.74 Å². The Kier molecular flexibility index (Phi) is 7.80. The number of hydrogen-bond acceptors (Lipinski definition) is 6. The van der Waals surface area contributed by atoms with Gasteiger partial charge in [-0.3, -0.25) is 0 Å². The Morgan fingerprint density at radius 1 is 1.26 bits per heavy atom. The normalized spacial score (nSPS) is 22.1. The van der Waals surface area contributed by atoms with Gasteiger partial charge in [-0.15, -0.1) is 24.8 Å². The van der Waals surface area contributed by atoms with Crippen molar-refractivity contribution in [1.82, 2.24) is 15.3 Å². The Labute approximate surface area is 150 Å². The van der Waals surface area contributed by atoms with Gasteiger partial charge in [0, 0.05) is 33.0 Å². The summed E-state index contributed by atoms with van der Waals surface area (Å²) in [5.74, 6) is 1.70. The maximum absolute atomic E-state index is 6.02. The summed E-state index contributed by atoms with van der Waals surface area (Å²) in [6, 6.07) is 0. The molecule has 3 heterocycles. The van der Waals surface area contributed by atoms with E-state index in [1.54, 1.807) is 12.4 Å². The molecule has 2 saturated heterocycles. The van der Waals surface area contributed by atoms with E-state index in [9.17, 15) is 0 Å². The number of piperidine rings is 1. The van der Waals surface area contributed by atoms with Crippen LogP contribution in [0.3, 0.4) is 0 Å². The lowest BCUT2D eigenvalue weighted by atomic mass is 9.77. The number of aromatic nitrogens is 2. The van der Waals surface area contributed by atoms with E-state index in [1.807, 2.05) is 19.0 Å². The Bertz CT molecular complexity index is 483. The average molecular weight is 364 g/mol. The van der Waals surface area contributed by atoms with Gasteiger partial charge in [0.15, 0.2) is 11.6 Å². The third-order valence-corrected chi connectivity index (χ3v) is 4.55. The first-order valence-electron chi connectivity index (χ1n) is 7.73. The summed E-state index contributed by atoms with van der Waals surface area (Å²) in [4.78, 5) is 10.7. The van der Waals surface area contributed by atoms with Crippen LogP contribution in [0.25, 0.3) is 0 Å². The second-order valence-corrected chi connectivity index (χ2v) is 6.39. The van der Waals surface area contributed by atoms with Crippen LogP contribution in [-0.4, -0.2) is 56.4 Å². The highest BCUT2D eigenvalue weighted by Gasteiger charge is 2.40. The van der Waals surface area contributed by atoms with Crippen molar-refractivity contribution in [2.75, 3.05) is 50.6 Å². The van der Waals surface area contributed by atoms with Crippen LogP contribution in [0.15, 0.2) is 12.4 Å². The summed E-state index contributed by atoms with van der Waals surface area (Å²) >= 11 is 0.